The number of amides is 2. The molecule has 0 aliphatic rings. The van der Waals surface area contributed by atoms with E-state index in [2.05, 4.69) is 20.9 Å². The number of methoxy groups -OCH3 is 1. The first-order valence-electron chi connectivity index (χ1n) is 10.6. The molecule has 2 aromatic carbocycles. The maximum atomic E-state index is 13.0. The van der Waals surface area contributed by atoms with E-state index < -0.39 is 11.9 Å². The van der Waals surface area contributed by atoms with E-state index in [4.69, 9.17) is 9.15 Å². The third kappa shape index (κ3) is 6.02. The van der Waals surface area contributed by atoms with E-state index in [1.54, 1.807) is 30.9 Å². The number of hydrogen-bond donors (Lipinski definition) is 3. The molecule has 0 saturated heterocycles. The van der Waals surface area contributed by atoms with E-state index in [1.165, 1.54) is 11.3 Å². The van der Waals surface area contributed by atoms with Gasteiger partial charge in [0.1, 0.15) is 23.2 Å². The average Bonchev–Trinajstić information content (AvgIpc) is 3.55. The van der Waals surface area contributed by atoms with Gasteiger partial charge >= 0.3 is 0 Å². The van der Waals surface area contributed by atoms with Crippen molar-refractivity contribution in [1.82, 2.24) is 15.6 Å². The van der Waals surface area contributed by atoms with Crippen molar-refractivity contribution < 1.29 is 18.7 Å². The number of nitrogens with one attached hydrogen (secondary N) is 3. The summed E-state index contributed by atoms with van der Waals surface area (Å²) in [5.74, 6) is 0.555. The average molecular weight is 477 g/mol. The summed E-state index contributed by atoms with van der Waals surface area (Å²) in [6.45, 7) is 0.233. The van der Waals surface area contributed by atoms with Crippen molar-refractivity contribution in [2.75, 3.05) is 12.4 Å². The molecule has 2 amide bonds. The van der Waals surface area contributed by atoms with Crippen LogP contribution in [0.2, 0.25) is 0 Å². The molecule has 2 heterocycles. The molecule has 0 aliphatic carbocycles. The first kappa shape index (κ1) is 23.1. The van der Waals surface area contributed by atoms with E-state index in [-0.39, 0.29) is 18.1 Å². The molecule has 2 aromatic heterocycles. The number of rotatable bonds is 10. The number of ether oxygens (including phenoxy) is 1. The highest BCUT2D eigenvalue weighted by atomic mass is 32.1. The van der Waals surface area contributed by atoms with Gasteiger partial charge in [-0.05, 0) is 29.8 Å². The lowest BCUT2D eigenvalue weighted by Gasteiger charge is -2.18. The largest absolute Gasteiger partial charge is 0.495 e. The molecule has 0 unspecified atom stereocenters. The van der Waals surface area contributed by atoms with Crippen molar-refractivity contribution in [3.63, 3.8) is 0 Å². The molecule has 0 fully saturated rings. The lowest BCUT2D eigenvalue weighted by Crippen LogP contribution is -2.47. The third-order valence-electron chi connectivity index (χ3n) is 5.01. The van der Waals surface area contributed by atoms with Crippen LogP contribution < -0.4 is 20.7 Å². The number of benzene rings is 2. The minimum Gasteiger partial charge on any atom is -0.495 e. The summed E-state index contributed by atoms with van der Waals surface area (Å²) in [5.41, 5.74) is 1.89. The fourth-order valence-corrected chi connectivity index (χ4v) is 4.00. The van der Waals surface area contributed by atoms with Crippen LogP contribution in [-0.4, -0.2) is 29.9 Å². The summed E-state index contributed by atoms with van der Waals surface area (Å²) in [5, 5.41) is 11.0. The van der Waals surface area contributed by atoms with Crippen LogP contribution in [0, 0.1) is 0 Å². The van der Waals surface area contributed by atoms with Crippen LogP contribution >= 0.6 is 11.3 Å². The van der Waals surface area contributed by atoms with Crippen molar-refractivity contribution in [3.05, 3.63) is 95.4 Å². The van der Waals surface area contributed by atoms with Crippen molar-refractivity contribution in [1.29, 1.82) is 0 Å². The zero-order valence-corrected chi connectivity index (χ0v) is 19.3. The van der Waals surface area contributed by atoms with Crippen LogP contribution in [0.15, 0.2) is 82.8 Å². The van der Waals surface area contributed by atoms with E-state index >= 15 is 0 Å². The molecular formula is C25H24N4O4S. The lowest BCUT2D eigenvalue weighted by molar-refractivity contribution is -0.123. The highest BCUT2D eigenvalue weighted by Crippen LogP contribution is 2.28. The molecule has 34 heavy (non-hydrogen) atoms. The second-order valence-electron chi connectivity index (χ2n) is 7.38. The van der Waals surface area contributed by atoms with Crippen LogP contribution in [0.3, 0.4) is 0 Å². The summed E-state index contributed by atoms with van der Waals surface area (Å²) >= 11 is 1.29. The fraction of sp³-hybridized carbons (Fsp3) is 0.160. The molecule has 174 valence electrons. The normalized spacial score (nSPS) is 11.4. The SMILES string of the molecule is COc1ccccc1Nc1nc(C(=O)N[C@@H](Cc2ccccc2)C(=O)NCc2ccco2)cs1. The molecular weight excluding hydrogens is 452 g/mol. The smallest absolute Gasteiger partial charge is 0.271 e. The number of carbonyl (C=O) groups excluding carboxylic acids is 2. The second-order valence-corrected chi connectivity index (χ2v) is 8.23. The Labute approximate surface area is 201 Å². The van der Waals surface area contributed by atoms with Crippen molar-refractivity contribution in [2.45, 2.75) is 19.0 Å². The van der Waals surface area contributed by atoms with E-state index in [9.17, 15) is 9.59 Å². The molecule has 9 heteroatoms. The summed E-state index contributed by atoms with van der Waals surface area (Å²) in [4.78, 5) is 30.2. The van der Waals surface area contributed by atoms with Gasteiger partial charge < -0.3 is 25.1 Å². The highest BCUT2D eigenvalue weighted by Gasteiger charge is 2.23. The molecule has 0 bridgehead atoms. The Balaban J connectivity index is 1.44. The van der Waals surface area contributed by atoms with Gasteiger partial charge in [-0.1, -0.05) is 42.5 Å². The van der Waals surface area contributed by atoms with Crippen molar-refractivity contribution in [2.24, 2.45) is 0 Å². The van der Waals surface area contributed by atoms with Gasteiger partial charge in [0.15, 0.2) is 5.13 Å². The Kier molecular flexibility index (Phi) is 7.56. The fourth-order valence-electron chi connectivity index (χ4n) is 3.30. The second kappa shape index (κ2) is 11.2. The molecule has 0 spiro atoms. The van der Waals surface area contributed by atoms with Crippen LogP contribution in [0.5, 0.6) is 5.75 Å². The van der Waals surface area contributed by atoms with Gasteiger partial charge in [0, 0.05) is 11.8 Å². The van der Waals surface area contributed by atoms with Gasteiger partial charge in [0.05, 0.1) is 25.6 Å². The predicted octanol–water partition coefficient (Wildman–Crippen LogP) is 4.15. The van der Waals surface area contributed by atoms with E-state index in [0.717, 1.165) is 11.3 Å². The van der Waals surface area contributed by atoms with Crippen molar-refractivity contribution in [3.8, 4) is 5.75 Å². The molecule has 0 aliphatic heterocycles. The minimum absolute atomic E-state index is 0.222. The molecule has 4 aromatic rings. The molecule has 4 rings (SSSR count). The standard InChI is InChI=1S/C25H24N4O4S/c1-32-22-12-6-5-11-19(22)28-25-29-21(16-34-25)24(31)27-20(14-17-8-3-2-4-9-17)23(30)26-15-18-10-7-13-33-18/h2-13,16,20H,14-15H2,1H3,(H,26,30)(H,27,31)(H,28,29)/t20-/m0/s1. The zero-order valence-electron chi connectivity index (χ0n) is 18.5. The predicted molar refractivity (Wildman–Crippen MR) is 130 cm³/mol. The number of carbonyl (C=O) groups is 2. The quantitative estimate of drug-likeness (QED) is 0.318. The van der Waals surface area contributed by atoms with Gasteiger partial charge in [0.25, 0.3) is 5.91 Å². The minimum atomic E-state index is -0.780. The van der Waals surface area contributed by atoms with Gasteiger partial charge in [-0.2, -0.15) is 0 Å². The Morgan fingerprint density at radius 1 is 1.06 bits per heavy atom. The molecule has 0 radical (unpaired) electrons. The van der Waals surface area contributed by atoms with E-state index in [1.807, 2.05) is 54.6 Å². The van der Waals surface area contributed by atoms with E-state index in [0.29, 0.717) is 23.1 Å². The Bertz CT molecular complexity index is 1220. The number of hydrogen-bond acceptors (Lipinski definition) is 7. The molecule has 8 nitrogen and oxygen atoms in total. The first-order chi connectivity index (χ1) is 16.6. The summed E-state index contributed by atoms with van der Waals surface area (Å²) in [6, 6.07) is 19.7. The van der Waals surface area contributed by atoms with Gasteiger partial charge in [0.2, 0.25) is 5.91 Å². The summed E-state index contributed by atoms with van der Waals surface area (Å²) in [7, 11) is 1.59. The topological polar surface area (TPSA) is 105 Å². The van der Waals surface area contributed by atoms with Crippen LogP contribution in [0.1, 0.15) is 21.8 Å². The van der Waals surface area contributed by atoms with Crippen molar-refractivity contribution >= 4 is 34.0 Å². The Hall–Kier alpha value is -4.11. The first-order valence-corrected chi connectivity index (χ1v) is 11.5. The summed E-state index contributed by atoms with van der Waals surface area (Å²) in [6.07, 6.45) is 1.89. The van der Waals surface area contributed by atoms with Gasteiger partial charge in [-0.3, -0.25) is 9.59 Å². The number of anilines is 2. The van der Waals surface area contributed by atoms with Gasteiger partial charge in [-0.25, -0.2) is 4.98 Å². The maximum Gasteiger partial charge on any atom is 0.271 e. The number of nitrogens with zero attached hydrogens (tertiary/aromatic N) is 1. The van der Waals surface area contributed by atoms with Crippen LogP contribution in [0.25, 0.3) is 0 Å². The Morgan fingerprint density at radius 2 is 1.85 bits per heavy atom. The number of para-hydroxylation sites is 2. The number of aromatic nitrogens is 1. The lowest BCUT2D eigenvalue weighted by atomic mass is 10.0. The molecule has 1 atom stereocenters. The van der Waals surface area contributed by atoms with Crippen LogP contribution in [-0.2, 0) is 17.8 Å². The van der Waals surface area contributed by atoms with Crippen LogP contribution in [0.4, 0.5) is 10.8 Å². The third-order valence-corrected chi connectivity index (χ3v) is 5.76. The maximum absolute atomic E-state index is 13.0. The van der Waals surface area contributed by atoms with Gasteiger partial charge in [-0.15, -0.1) is 11.3 Å². The summed E-state index contributed by atoms with van der Waals surface area (Å²) < 4.78 is 10.6. The molecule has 0 saturated carbocycles. The number of furan rings is 1. The highest BCUT2D eigenvalue weighted by molar-refractivity contribution is 7.14. The Morgan fingerprint density at radius 3 is 2.62 bits per heavy atom. The molecule has 3 N–H and O–H groups in total. The monoisotopic (exact) mass is 476 g/mol. The zero-order chi connectivity index (χ0) is 23.8. The number of thiazole rings is 1.